The summed E-state index contributed by atoms with van der Waals surface area (Å²) < 4.78 is 13.3. The predicted molar refractivity (Wildman–Crippen MR) is 62.0 cm³/mol. The lowest BCUT2D eigenvalue weighted by Gasteiger charge is -2.06. The Bertz CT molecular complexity index is 532. The van der Waals surface area contributed by atoms with E-state index in [-0.39, 0.29) is 5.82 Å². The molecule has 0 spiro atoms. The average molecular weight is 214 g/mol. The number of aldehydes is 1. The lowest BCUT2D eigenvalue weighted by molar-refractivity contribution is 0.112. The first-order valence-electron chi connectivity index (χ1n) is 5.02. The number of halogens is 1. The number of hydrogen-bond donors (Lipinski definition) is 0. The van der Waals surface area contributed by atoms with Crippen LogP contribution in [-0.2, 0) is 0 Å². The van der Waals surface area contributed by atoms with Crippen LogP contribution < -0.4 is 0 Å². The van der Waals surface area contributed by atoms with Crippen LogP contribution in [0.25, 0.3) is 11.1 Å². The summed E-state index contributed by atoms with van der Waals surface area (Å²) in [6.07, 6.45) is 0.658. The molecule has 2 heteroatoms. The second-order valence-electron chi connectivity index (χ2n) is 3.71. The van der Waals surface area contributed by atoms with Gasteiger partial charge in [-0.15, -0.1) is 0 Å². The van der Waals surface area contributed by atoms with Gasteiger partial charge in [0.05, 0.1) is 0 Å². The molecule has 0 fully saturated rings. The van der Waals surface area contributed by atoms with Gasteiger partial charge in [0, 0.05) is 5.56 Å². The number of aryl methyl sites for hydroxylation is 1. The molecule has 0 amide bonds. The van der Waals surface area contributed by atoms with Gasteiger partial charge < -0.3 is 0 Å². The minimum absolute atomic E-state index is 0.359. The van der Waals surface area contributed by atoms with Gasteiger partial charge in [0.15, 0.2) is 0 Å². The smallest absolute Gasteiger partial charge is 0.150 e. The van der Waals surface area contributed by atoms with E-state index >= 15 is 0 Å². The molecule has 0 saturated carbocycles. The van der Waals surface area contributed by atoms with Crippen LogP contribution in [0.2, 0.25) is 0 Å². The Hall–Kier alpha value is -1.96. The molecule has 0 heterocycles. The van der Waals surface area contributed by atoms with Gasteiger partial charge in [-0.2, -0.15) is 0 Å². The van der Waals surface area contributed by atoms with E-state index < -0.39 is 0 Å². The summed E-state index contributed by atoms with van der Waals surface area (Å²) in [5.74, 6) is -0.386. The highest BCUT2D eigenvalue weighted by Crippen LogP contribution is 2.24. The molecule has 0 bridgehead atoms. The highest BCUT2D eigenvalue weighted by Gasteiger charge is 2.04. The number of rotatable bonds is 2. The van der Waals surface area contributed by atoms with E-state index in [4.69, 9.17) is 0 Å². The maximum absolute atomic E-state index is 13.3. The van der Waals surface area contributed by atoms with Gasteiger partial charge in [-0.05, 0) is 41.8 Å². The molecule has 0 aromatic heterocycles. The van der Waals surface area contributed by atoms with Crippen molar-refractivity contribution in [3.63, 3.8) is 0 Å². The number of carbonyl (C=O) groups is 1. The third kappa shape index (κ3) is 2.01. The molecule has 0 atom stereocenters. The van der Waals surface area contributed by atoms with Crippen LogP contribution in [0.5, 0.6) is 0 Å². The number of carbonyl (C=O) groups excluding carboxylic acids is 1. The Labute approximate surface area is 93.5 Å². The van der Waals surface area contributed by atoms with Crippen molar-refractivity contribution < 1.29 is 9.18 Å². The molecule has 2 aromatic rings. The van der Waals surface area contributed by atoms with Crippen molar-refractivity contribution >= 4 is 6.29 Å². The van der Waals surface area contributed by atoms with Crippen LogP contribution in [0, 0.1) is 12.7 Å². The van der Waals surface area contributed by atoms with E-state index in [1.54, 1.807) is 6.07 Å². The van der Waals surface area contributed by atoms with Crippen molar-refractivity contribution in [2.45, 2.75) is 6.92 Å². The predicted octanol–water partition coefficient (Wildman–Crippen LogP) is 3.61. The molecule has 2 aromatic carbocycles. The van der Waals surface area contributed by atoms with E-state index in [1.165, 1.54) is 12.1 Å². The third-order valence-corrected chi connectivity index (χ3v) is 2.51. The van der Waals surface area contributed by atoms with Crippen LogP contribution in [0.3, 0.4) is 0 Å². The van der Waals surface area contributed by atoms with E-state index in [1.807, 2.05) is 31.2 Å². The van der Waals surface area contributed by atoms with Crippen molar-refractivity contribution in [3.05, 3.63) is 59.4 Å². The summed E-state index contributed by atoms with van der Waals surface area (Å²) in [5.41, 5.74) is 3.11. The lowest BCUT2D eigenvalue weighted by Crippen LogP contribution is -1.88. The van der Waals surface area contributed by atoms with Crippen molar-refractivity contribution in [3.8, 4) is 11.1 Å². The van der Waals surface area contributed by atoms with Gasteiger partial charge in [-0.1, -0.05) is 24.3 Å². The third-order valence-electron chi connectivity index (χ3n) is 2.51. The van der Waals surface area contributed by atoms with Crippen molar-refractivity contribution in [1.82, 2.24) is 0 Å². The fraction of sp³-hybridized carbons (Fsp3) is 0.0714. The minimum atomic E-state index is -0.386. The van der Waals surface area contributed by atoms with Crippen molar-refractivity contribution in [1.29, 1.82) is 0 Å². The molecule has 2 rings (SSSR count). The van der Waals surface area contributed by atoms with Gasteiger partial charge in [-0.25, -0.2) is 4.39 Å². The molecule has 0 saturated heterocycles. The summed E-state index contributed by atoms with van der Waals surface area (Å²) in [5, 5.41) is 0. The zero-order valence-corrected chi connectivity index (χ0v) is 8.91. The number of benzene rings is 2. The first-order chi connectivity index (χ1) is 7.70. The summed E-state index contributed by atoms with van der Waals surface area (Å²) in [6, 6.07) is 12.1. The first-order valence-corrected chi connectivity index (χ1v) is 5.02. The van der Waals surface area contributed by atoms with E-state index in [9.17, 15) is 9.18 Å². The van der Waals surface area contributed by atoms with E-state index in [0.29, 0.717) is 11.8 Å². The Morgan fingerprint density at radius 2 is 1.88 bits per heavy atom. The average Bonchev–Trinajstić information content (AvgIpc) is 2.28. The van der Waals surface area contributed by atoms with E-state index in [0.717, 1.165) is 16.7 Å². The maximum Gasteiger partial charge on any atom is 0.150 e. The quantitative estimate of drug-likeness (QED) is 0.698. The largest absolute Gasteiger partial charge is 0.298 e. The van der Waals surface area contributed by atoms with E-state index in [2.05, 4.69) is 0 Å². The summed E-state index contributed by atoms with van der Waals surface area (Å²) >= 11 is 0. The summed E-state index contributed by atoms with van der Waals surface area (Å²) in [4.78, 5) is 10.7. The van der Waals surface area contributed by atoms with Crippen LogP contribution in [0.1, 0.15) is 15.9 Å². The van der Waals surface area contributed by atoms with Crippen LogP contribution in [0.15, 0.2) is 42.5 Å². The molecule has 1 nitrogen and oxygen atoms in total. The molecule has 0 unspecified atom stereocenters. The minimum Gasteiger partial charge on any atom is -0.298 e. The van der Waals surface area contributed by atoms with Crippen molar-refractivity contribution in [2.75, 3.05) is 0 Å². The molecular weight excluding hydrogens is 203 g/mol. The Morgan fingerprint density at radius 3 is 2.56 bits per heavy atom. The lowest BCUT2D eigenvalue weighted by atomic mass is 9.99. The maximum atomic E-state index is 13.3. The summed E-state index contributed by atoms with van der Waals surface area (Å²) in [6.45, 7) is 1.96. The van der Waals surface area contributed by atoms with Crippen molar-refractivity contribution in [2.24, 2.45) is 0 Å². The van der Waals surface area contributed by atoms with Gasteiger partial charge in [0.1, 0.15) is 12.1 Å². The van der Waals surface area contributed by atoms with Crippen LogP contribution in [-0.4, -0.2) is 6.29 Å². The first kappa shape index (κ1) is 10.6. The Morgan fingerprint density at radius 1 is 1.12 bits per heavy atom. The normalized spacial score (nSPS) is 10.1. The monoisotopic (exact) mass is 214 g/mol. The Balaban J connectivity index is 2.60. The second-order valence-corrected chi connectivity index (χ2v) is 3.71. The zero-order valence-electron chi connectivity index (χ0n) is 8.91. The van der Waals surface area contributed by atoms with Gasteiger partial charge in [0.25, 0.3) is 0 Å². The van der Waals surface area contributed by atoms with Crippen LogP contribution in [0.4, 0.5) is 4.39 Å². The molecule has 0 N–H and O–H groups in total. The molecule has 80 valence electrons. The molecule has 0 radical (unpaired) electrons. The number of hydrogen-bond acceptors (Lipinski definition) is 1. The molecule has 0 aliphatic heterocycles. The van der Waals surface area contributed by atoms with Gasteiger partial charge >= 0.3 is 0 Å². The molecule has 16 heavy (non-hydrogen) atoms. The van der Waals surface area contributed by atoms with Gasteiger partial charge in [0.2, 0.25) is 0 Å². The Kier molecular flexibility index (Phi) is 2.82. The topological polar surface area (TPSA) is 17.1 Å². The highest BCUT2D eigenvalue weighted by molar-refractivity contribution is 5.79. The fourth-order valence-electron chi connectivity index (χ4n) is 1.73. The second kappa shape index (κ2) is 4.27. The zero-order chi connectivity index (χ0) is 11.5. The standard InChI is InChI=1S/C14H11FO/c1-10-4-2-3-5-14(10)12-6-11(9-16)7-13(15)8-12/h2-9H,1H3. The fourth-order valence-corrected chi connectivity index (χ4v) is 1.73. The molecular formula is C14H11FO. The van der Waals surface area contributed by atoms with Gasteiger partial charge in [-0.3, -0.25) is 4.79 Å². The molecule has 0 aliphatic carbocycles. The molecule has 0 aliphatic rings. The highest BCUT2D eigenvalue weighted by atomic mass is 19.1. The SMILES string of the molecule is Cc1ccccc1-c1cc(F)cc(C=O)c1. The summed E-state index contributed by atoms with van der Waals surface area (Å²) in [7, 11) is 0. The van der Waals surface area contributed by atoms with Crippen LogP contribution >= 0.6 is 0 Å².